The third-order valence-electron chi connectivity index (χ3n) is 6.26. The molecule has 0 saturated heterocycles. The van der Waals surface area contributed by atoms with Gasteiger partial charge in [0.2, 0.25) is 0 Å². The highest BCUT2D eigenvalue weighted by atomic mass is 19.1. The van der Waals surface area contributed by atoms with Crippen LogP contribution in [0.4, 0.5) is 21.6 Å². The summed E-state index contributed by atoms with van der Waals surface area (Å²) in [5.74, 6) is 0.111. The lowest BCUT2D eigenvalue weighted by atomic mass is 9.87. The van der Waals surface area contributed by atoms with Gasteiger partial charge in [0.15, 0.2) is 5.78 Å². The van der Waals surface area contributed by atoms with E-state index in [-0.39, 0.29) is 17.6 Å². The fourth-order valence-electron chi connectivity index (χ4n) is 4.51. The average Bonchev–Trinajstić information content (AvgIpc) is 3.22. The maximum atomic E-state index is 13.3. The minimum atomic E-state index is -0.401. The van der Waals surface area contributed by atoms with E-state index in [1.165, 1.54) is 29.2 Å². The van der Waals surface area contributed by atoms with Crippen LogP contribution < -0.4 is 10.2 Å². The van der Waals surface area contributed by atoms with E-state index in [9.17, 15) is 14.0 Å². The van der Waals surface area contributed by atoms with E-state index in [2.05, 4.69) is 22.2 Å². The normalized spacial score (nSPS) is 14.9. The number of pyridine rings is 1. The minimum Gasteiger partial charge on any atom is -0.356 e. The first-order valence-electron chi connectivity index (χ1n) is 11.5. The molecule has 0 saturated carbocycles. The van der Waals surface area contributed by atoms with Crippen LogP contribution in [0, 0.1) is 11.7 Å². The van der Waals surface area contributed by atoms with E-state index in [4.69, 9.17) is 0 Å². The van der Waals surface area contributed by atoms with Gasteiger partial charge in [0, 0.05) is 42.2 Å². The van der Waals surface area contributed by atoms with Gasteiger partial charge in [-0.25, -0.2) is 9.37 Å². The summed E-state index contributed by atoms with van der Waals surface area (Å²) in [6, 6.07) is 18.8. The molecule has 2 N–H and O–H groups in total. The molecular weight excluding hydrogens is 443 g/mol. The Bertz CT molecular complexity index is 1400. The molecule has 0 bridgehead atoms. The first-order valence-corrected chi connectivity index (χ1v) is 11.5. The van der Waals surface area contributed by atoms with E-state index in [1.54, 1.807) is 13.2 Å². The number of halogens is 1. The van der Waals surface area contributed by atoms with Gasteiger partial charge in [-0.3, -0.25) is 14.5 Å². The Morgan fingerprint density at radius 3 is 2.57 bits per heavy atom. The largest absolute Gasteiger partial charge is 0.356 e. The number of nitrogens with zero attached hydrogens (tertiary/aromatic N) is 2. The highest BCUT2D eigenvalue weighted by Gasteiger charge is 2.30. The molecule has 1 unspecified atom stereocenters. The Hall–Kier alpha value is -4.26. The van der Waals surface area contributed by atoms with Crippen LogP contribution in [-0.2, 0) is 6.42 Å². The standard InChI is InChI=1S/C28H25FN4O2/c1-17-14-22-25(23(34)15-17)27(31-21-6-4-3-5-7-21)26(32-22)19-12-13-30-24(16-19)33(2)28(35)18-8-10-20(29)11-9-18/h3-13,16-17,31-32H,14-15H2,1-2H3. The third-order valence-corrected chi connectivity index (χ3v) is 6.26. The summed E-state index contributed by atoms with van der Waals surface area (Å²) in [6.07, 6.45) is 2.92. The maximum absolute atomic E-state index is 13.3. The number of H-pyrrole nitrogens is 1. The number of aromatic nitrogens is 2. The zero-order valence-corrected chi connectivity index (χ0v) is 19.5. The number of hydrogen-bond donors (Lipinski definition) is 2. The molecule has 176 valence electrons. The summed E-state index contributed by atoms with van der Waals surface area (Å²) in [7, 11) is 1.63. The zero-order valence-electron chi connectivity index (χ0n) is 19.5. The Morgan fingerprint density at radius 1 is 1.09 bits per heavy atom. The fourth-order valence-corrected chi connectivity index (χ4v) is 4.51. The quantitative estimate of drug-likeness (QED) is 0.377. The van der Waals surface area contributed by atoms with Crippen molar-refractivity contribution < 1.29 is 14.0 Å². The Labute approximate surface area is 202 Å². The van der Waals surface area contributed by atoms with Gasteiger partial charge in [0.25, 0.3) is 5.91 Å². The van der Waals surface area contributed by atoms with Crippen molar-refractivity contribution in [2.75, 3.05) is 17.3 Å². The number of fused-ring (bicyclic) bond motifs is 1. The molecule has 1 amide bonds. The van der Waals surface area contributed by atoms with E-state index < -0.39 is 5.82 Å². The smallest absolute Gasteiger partial charge is 0.259 e. The van der Waals surface area contributed by atoms with Gasteiger partial charge in [-0.15, -0.1) is 0 Å². The second-order valence-corrected chi connectivity index (χ2v) is 8.93. The van der Waals surface area contributed by atoms with Crippen LogP contribution >= 0.6 is 0 Å². The molecule has 4 aromatic rings. The molecule has 5 rings (SSSR count). The lowest BCUT2D eigenvalue weighted by Crippen LogP contribution is -2.27. The summed E-state index contributed by atoms with van der Waals surface area (Å²) in [5, 5.41) is 3.44. The predicted octanol–water partition coefficient (Wildman–Crippen LogP) is 6.00. The summed E-state index contributed by atoms with van der Waals surface area (Å²) < 4.78 is 13.3. The van der Waals surface area contributed by atoms with Crippen molar-refractivity contribution in [1.82, 2.24) is 9.97 Å². The summed E-state index contributed by atoms with van der Waals surface area (Å²) >= 11 is 0. The lowest BCUT2D eigenvalue weighted by Gasteiger charge is -2.18. The van der Waals surface area contributed by atoms with Crippen molar-refractivity contribution >= 4 is 28.9 Å². The number of aromatic amines is 1. The minimum absolute atomic E-state index is 0.109. The van der Waals surface area contributed by atoms with Gasteiger partial charge < -0.3 is 10.3 Å². The van der Waals surface area contributed by atoms with Gasteiger partial charge in [0.05, 0.1) is 16.9 Å². The number of Topliss-reactive ketones (excluding diaryl/α,β-unsaturated/α-hetero) is 1. The molecule has 2 heterocycles. The van der Waals surface area contributed by atoms with Crippen molar-refractivity contribution in [3.63, 3.8) is 0 Å². The van der Waals surface area contributed by atoms with Crippen LogP contribution in [-0.4, -0.2) is 28.7 Å². The maximum Gasteiger partial charge on any atom is 0.259 e. The molecule has 7 heteroatoms. The number of amides is 1. The molecular formula is C28H25FN4O2. The monoisotopic (exact) mass is 468 g/mol. The zero-order chi connectivity index (χ0) is 24.5. The van der Waals surface area contributed by atoms with Crippen LogP contribution in [0.1, 0.15) is 39.8 Å². The SMILES string of the molecule is CC1CC(=O)c2c([nH]c(-c3ccnc(N(C)C(=O)c4ccc(F)cc4)c3)c2Nc2ccccc2)C1. The Morgan fingerprint density at radius 2 is 1.83 bits per heavy atom. The molecule has 35 heavy (non-hydrogen) atoms. The molecule has 6 nitrogen and oxygen atoms in total. The van der Waals surface area contributed by atoms with Crippen LogP contribution in [0.2, 0.25) is 0 Å². The number of anilines is 3. The van der Waals surface area contributed by atoms with E-state index in [0.717, 1.165) is 34.7 Å². The van der Waals surface area contributed by atoms with Gasteiger partial charge in [-0.2, -0.15) is 0 Å². The second kappa shape index (κ2) is 9.18. The van der Waals surface area contributed by atoms with E-state index in [1.807, 2.05) is 42.5 Å². The average molecular weight is 469 g/mol. The third kappa shape index (κ3) is 4.45. The summed E-state index contributed by atoms with van der Waals surface area (Å²) in [5.41, 5.74) is 5.14. The fraction of sp³-hybridized carbons (Fsp3) is 0.179. The molecule has 2 aromatic carbocycles. The highest BCUT2D eigenvalue weighted by molar-refractivity contribution is 6.08. The van der Waals surface area contributed by atoms with E-state index in [0.29, 0.717) is 23.4 Å². The first kappa shape index (κ1) is 22.5. The molecule has 0 spiro atoms. The van der Waals surface area contributed by atoms with Gasteiger partial charge in [0.1, 0.15) is 11.6 Å². The van der Waals surface area contributed by atoms with Crippen molar-refractivity contribution in [3.05, 3.63) is 95.6 Å². The number of hydrogen-bond acceptors (Lipinski definition) is 4. The molecule has 0 fully saturated rings. The second-order valence-electron chi connectivity index (χ2n) is 8.93. The summed E-state index contributed by atoms with van der Waals surface area (Å²) in [6.45, 7) is 2.08. The number of ketones is 1. The number of benzene rings is 2. The molecule has 0 radical (unpaired) electrons. The van der Waals surface area contributed by atoms with Crippen molar-refractivity contribution in [1.29, 1.82) is 0 Å². The molecule has 2 aromatic heterocycles. The number of rotatable bonds is 5. The van der Waals surface area contributed by atoms with Crippen LogP contribution in [0.15, 0.2) is 72.9 Å². The van der Waals surface area contributed by atoms with Crippen molar-refractivity contribution in [3.8, 4) is 11.3 Å². The topological polar surface area (TPSA) is 78.1 Å². The van der Waals surface area contributed by atoms with Gasteiger partial charge in [-0.05, 0) is 60.9 Å². The van der Waals surface area contributed by atoms with Crippen LogP contribution in [0.5, 0.6) is 0 Å². The van der Waals surface area contributed by atoms with Crippen molar-refractivity contribution in [2.24, 2.45) is 5.92 Å². The molecule has 1 aliphatic carbocycles. The predicted molar refractivity (Wildman–Crippen MR) is 135 cm³/mol. The van der Waals surface area contributed by atoms with E-state index >= 15 is 0 Å². The lowest BCUT2D eigenvalue weighted by molar-refractivity contribution is 0.0952. The summed E-state index contributed by atoms with van der Waals surface area (Å²) in [4.78, 5) is 35.3. The number of carbonyl (C=O) groups excluding carboxylic acids is 2. The molecule has 1 aliphatic rings. The first-order chi connectivity index (χ1) is 16.9. The van der Waals surface area contributed by atoms with Crippen LogP contribution in [0.3, 0.4) is 0 Å². The van der Waals surface area contributed by atoms with Gasteiger partial charge in [-0.1, -0.05) is 25.1 Å². The molecule has 0 aliphatic heterocycles. The Kier molecular flexibility index (Phi) is 5.91. The van der Waals surface area contributed by atoms with Crippen LogP contribution in [0.25, 0.3) is 11.3 Å². The Balaban J connectivity index is 1.55. The number of carbonyl (C=O) groups is 2. The molecule has 1 atom stereocenters. The van der Waals surface area contributed by atoms with Crippen molar-refractivity contribution in [2.45, 2.75) is 19.8 Å². The number of nitrogens with one attached hydrogen (secondary N) is 2. The number of para-hydroxylation sites is 1. The highest BCUT2D eigenvalue weighted by Crippen LogP contribution is 2.40. The van der Waals surface area contributed by atoms with Gasteiger partial charge >= 0.3 is 0 Å².